The summed E-state index contributed by atoms with van der Waals surface area (Å²) >= 11 is 0. The Hall–Kier alpha value is -1.69. The Balaban J connectivity index is 2.42. The van der Waals surface area contributed by atoms with Crippen molar-refractivity contribution in [3.05, 3.63) is 18.0 Å². The van der Waals surface area contributed by atoms with Gasteiger partial charge in [0, 0.05) is 6.20 Å². The first-order valence-electron chi connectivity index (χ1n) is 4.90. The first kappa shape index (κ1) is 12.4. The lowest BCUT2D eigenvalue weighted by atomic mass is 10.4. The minimum Gasteiger partial charge on any atom is -0.477 e. The summed E-state index contributed by atoms with van der Waals surface area (Å²) in [5.41, 5.74) is -0.0882. The van der Waals surface area contributed by atoms with Gasteiger partial charge in [0.2, 0.25) is 0 Å². The zero-order chi connectivity index (χ0) is 12.0. The number of hydrogen-bond donors (Lipinski definition) is 1. The van der Waals surface area contributed by atoms with Crippen molar-refractivity contribution in [2.75, 3.05) is 13.2 Å². The fraction of sp³-hybridized carbons (Fsp3) is 0.500. The van der Waals surface area contributed by atoms with Crippen LogP contribution < -0.4 is 4.74 Å². The summed E-state index contributed by atoms with van der Waals surface area (Å²) in [6.45, 7) is 4.54. The molecule has 88 valence electrons. The van der Waals surface area contributed by atoms with Crippen LogP contribution in [0.3, 0.4) is 0 Å². The first-order chi connectivity index (χ1) is 7.59. The Morgan fingerprint density at radius 2 is 2.25 bits per heavy atom. The molecule has 0 amide bonds. The molecule has 1 aromatic heterocycles. The second-order valence-electron chi connectivity index (χ2n) is 3.30. The van der Waals surface area contributed by atoms with Gasteiger partial charge < -0.3 is 14.6 Å². The van der Waals surface area contributed by atoms with Crippen LogP contribution >= 0.6 is 0 Å². The molecule has 1 rings (SSSR count). The molecule has 6 nitrogen and oxygen atoms in total. The molecule has 0 bridgehead atoms. The number of rotatable bonds is 6. The normalized spacial score (nSPS) is 10.4. The van der Waals surface area contributed by atoms with Crippen molar-refractivity contribution in [2.24, 2.45) is 0 Å². The van der Waals surface area contributed by atoms with Gasteiger partial charge in [-0.25, -0.2) is 9.78 Å². The van der Waals surface area contributed by atoms with Crippen molar-refractivity contribution in [3.63, 3.8) is 0 Å². The Morgan fingerprint density at radius 3 is 2.88 bits per heavy atom. The molecule has 0 fully saturated rings. The third kappa shape index (κ3) is 4.22. The zero-order valence-corrected chi connectivity index (χ0v) is 9.21. The Morgan fingerprint density at radius 1 is 1.50 bits per heavy atom. The van der Waals surface area contributed by atoms with Crippen LogP contribution in [0.4, 0.5) is 0 Å². The molecule has 1 N–H and O–H groups in total. The number of carbonyl (C=O) groups is 1. The molecule has 6 heteroatoms. The summed E-state index contributed by atoms with van der Waals surface area (Å²) in [6.07, 6.45) is 1.48. The van der Waals surface area contributed by atoms with Gasteiger partial charge in [0.1, 0.15) is 6.61 Å². The average molecular weight is 226 g/mol. The lowest BCUT2D eigenvalue weighted by Crippen LogP contribution is -2.13. The largest absolute Gasteiger partial charge is 0.477 e. The molecule has 0 atom stereocenters. The van der Waals surface area contributed by atoms with E-state index in [-0.39, 0.29) is 17.8 Å². The summed E-state index contributed by atoms with van der Waals surface area (Å²) in [5, 5.41) is 8.68. The molecule has 0 aliphatic rings. The number of carboxylic acids is 1. The molecule has 1 aromatic rings. The van der Waals surface area contributed by atoms with Crippen molar-refractivity contribution < 1.29 is 19.4 Å². The Bertz CT molecular complexity index is 354. The summed E-state index contributed by atoms with van der Waals surface area (Å²) in [6, 6.07) is 1.35. The highest BCUT2D eigenvalue weighted by Gasteiger charge is 2.06. The van der Waals surface area contributed by atoms with Crippen molar-refractivity contribution in [1.29, 1.82) is 0 Å². The van der Waals surface area contributed by atoms with Crippen LogP contribution in [-0.2, 0) is 4.74 Å². The van der Waals surface area contributed by atoms with Crippen LogP contribution in [0.2, 0.25) is 0 Å². The minimum atomic E-state index is -1.11. The number of carboxylic acid groups (broad SMARTS) is 1. The molecule has 0 saturated heterocycles. The van der Waals surface area contributed by atoms with Crippen LogP contribution in [0.15, 0.2) is 12.3 Å². The van der Waals surface area contributed by atoms with E-state index in [0.29, 0.717) is 13.2 Å². The Labute approximate surface area is 93.2 Å². The van der Waals surface area contributed by atoms with Gasteiger partial charge in [-0.15, -0.1) is 0 Å². The maximum atomic E-state index is 10.6. The van der Waals surface area contributed by atoms with Crippen molar-refractivity contribution in [3.8, 4) is 6.01 Å². The standard InChI is InChI=1S/C10H14N2O4/c1-7(2)15-5-6-16-10-11-4-3-8(12-10)9(13)14/h3-4,7H,5-6H2,1-2H3,(H,13,14). The molecule has 0 radical (unpaired) electrons. The van der Waals surface area contributed by atoms with E-state index in [2.05, 4.69) is 9.97 Å². The number of aromatic nitrogens is 2. The topological polar surface area (TPSA) is 81.5 Å². The minimum absolute atomic E-state index is 0.0484. The van der Waals surface area contributed by atoms with Crippen molar-refractivity contribution in [1.82, 2.24) is 9.97 Å². The highest BCUT2D eigenvalue weighted by atomic mass is 16.5. The summed E-state index contributed by atoms with van der Waals surface area (Å²) in [7, 11) is 0. The van der Waals surface area contributed by atoms with E-state index in [9.17, 15) is 4.79 Å². The van der Waals surface area contributed by atoms with Gasteiger partial charge in [0.05, 0.1) is 12.7 Å². The van der Waals surface area contributed by atoms with Gasteiger partial charge in [0.15, 0.2) is 5.69 Å². The van der Waals surface area contributed by atoms with E-state index in [4.69, 9.17) is 14.6 Å². The maximum Gasteiger partial charge on any atom is 0.354 e. The number of aromatic carboxylic acids is 1. The highest BCUT2D eigenvalue weighted by molar-refractivity contribution is 5.85. The van der Waals surface area contributed by atoms with Gasteiger partial charge in [0.25, 0.3) is 0 Å². The lowest BCUT2D eigenvalue weighted by molar-refractivity contribution is 0.0528. The fourth-order valence-corrected chi connectivity index (χ4v) is 0.946. The number of ether oxygens (including phenoxy) is 2. The van der Waals surface area contributed by atoms with E-state index < -0.39 is 5.97 Å². The molecule has 16 heavy (non-hydrogen) atoms. The van der Waals surface area contributed by atoms with Crippen LogP contribution in [0, 0.1) is 0 Å². The van der Waals surface area contributed by atoms with E-state index >= 15 is 0 Å². The van der Waals surface area contributed by atoms with E-state index in [1.807, 2.05) is 13.8 Å². The number of hydrogen-bond acceptors (Lipinski definition) is 5. The number of nitrogens with zero attached hydrogens (tertiary/aromatic N) is 2. The third-order valence-corrected chi connectivity index (χ3v) is 1.62. The molecule has 0 aromatic carbocycles. The van der Waals surface area contributed by atoms with Gasteiger partial charge in [-0.1, -0.05) is 0 Å². The summed E-state index contributed by atoms with van der Waals surface area (Å²) in [4.78, 5) is 18.1. The van der Waals surface area contributed by atoms with E-state index in [1.54, 1.807) is 0 Å². The Kier molecular flexibility index (Phi) is 4.65. The predicted molar refractivity (Wildman–Crippen MR) is 55.6 cm³/mol. The molecular formula is C10H14N2O4. The second-order valence-corrected chi connectivity index (χ2v) is 3.30. The van der Waals surface area contributed by atoms with Crippen molar-refractivity contribution >= 4 is 5.97 Å². The highest BCUT2D eigenvalue weighted by Crippen LogP contribution is 2.02. The van der Waals surface area contributed by atoms with Crippen LogP contribution in [0.5, 0.6) is 6.01 Å². The van der Waals surface area contributed by atoms with Gasteiger partial charge in [-0.3, -0.25) is 0 Å². The van der Waals surface area contributed by atoms with Crippen LogP contribution in [-0.4, -0.2) is 40.4 Å². The monoisotopic (exact) mass is 226 g/mol. The molecule has 0 aliphatic heterocycles. The first-order valence-corrected chi connectivity index (χ1v) is 4.90. The molecular weight excluding hydrogens is 212 g/mol. The lowest BCUT2D eigenvalue weighted by Gasteiger charge is -2.07. The third-order valence-electron chi connectivity index (χ3n) is 1.62. The van der Waals surface area contributed by atoms with Gasteiger partial charge >= 0.3 is 12.0 Å². The molecule has 1 heterocycles. The summed E-state index contributed by atoms with van der Waals surface area (Å²) in [5.74, 6) is -1.11. The van der Waals surface area contributed by atoms with E-state index in [1.165, 1.54) is 12.3 Å². The molecule has 0 unspecified atom stereocenters. The SMILES string of the molecule is CC(C)OCCOc1nccc(C(=O)O)n1. The second kappa shape index (κ2) is 6.02. The molecule has 0 saturated carbocycles. The summed E-state index contributed by atoms with van der Waals surface area (Å²) < 4.78 is 10.4. The molecule has 0 aliphatic carbocycles. The van der Waals surface area contributed by atoms with Gasteiger partial charge in [-0.2, -0.15) is 4.98 Å². The van der Waals surface area contributed by atoms with Crippen molar-refractivity contribution in [2.45, 2.75) is 20.0 Å². The smallest absolute Gasteiger partial charge is 0.354 e. The van der Waals surface area contributed by atoms with E-state index in [0.717, 1.165) is 0 Å². The predicted octanol–water partition coefficient (Wildman–Crippen LogP) is 0.979. The van der Waals surface area contributed by atoms with Crippen LogP contribution in [0.25, 0.3) is 0 Å². The maximum absolute atomic E-state index is 10.6. The van der Waals surface area contributed by atoms with Gasteiger partial charge in [-0.05, 0) is 19.9 Å². The van der Waals surface area contributed by atoms with Crippen LogP contribution in [0.1, 0.15) is 24.3 Å². The zero-order valence-electron chi connectivity index (χ0n) is 9.21. The quantitative estimate of drug-likeness (QED) is 0.728. The fourth-order valence-electron chi connectivity index (χ4n) is 0.946. The average Bonchev–Trinajstić information content (AvgIpc) is 2.24. The molecule has 0 spiro atoms.